The number of nitrogens with two attached hydrogens (primary N) is 1. The average molecular weight is 301 g/mol. The monoisotopic (exact) mass is 301 g/mol. The fourth-order valence-corrected chi connectivity index (χ4v) is 1.74. The van der Waals surface area contributed by atoms with Crippen molar-refractivity contribution in [2.24, 2.45) is 5.73 Å². The van der Waals surface area contributed by atoms with E-state index < -0.39 is 18.2 Å². The Bertz CT molecular complexity index is 639. The Morgan fingerprint density at radius 1 is 0.955 bits per heavy atom. The first-order valence-corrected chi connectivity index (χ1v) is 6.56. The van der Waals surface area contributed by atoms with Crippen LogP contribution in [0.15, 0.2) is 54.6 Å². The Balaban J connectivity index is 1.91. The first-order chi connectivity index (χ1) is 10.5. The van der Waals surface area contributed by atoms with Gasteiger partial charge in [0.25, 0.3) is 0 Å². The first-order valence-electron chi connectivity index (χ1n) is 6.56. The summed E-state index contributed by atoms with van der Waals surface area (Å²) in [5.74, 6) is -0.378. The third-order valence-electron chi connectivity index (χ3n) is 2.84. The summed E-state index contributed by atoms with van der Waals surface area (Å²) >= 11 is 0. The van der Waals surface area contributed by atoms with Crippen LogP contribution in [0.25, 0.3) is 0 Å². The predicted octanol–water partition coefficient (Wildman–Crippen LogP) is 2.22. The predicted molar refractivity (Wildman–Crippen MR) is 78.9 cm³/mol. The minimum Gasteiger partial charge on any atom is -0.480 e. The van der Waals surface area contributed by atoms with Gasteiger partial charge in [-0.25, -0.2) is 4.79 Å². The third-order valence-corrected chi connectivity index (χ3v) is 2.84. The van der Waals surface area contributed by atoms with Crippen LogP contribution in [0.3, 0.4) is 0 Å². The van der Waals surface area contributed by atoms with Crippen LogP contribution in [0.5, 0.6) is 11.5 Å². The molecule has 0 heterocycles. The molecule has 0 fully saturated rings. The molecule has 2 aromatic carbocycles. The summed E-state index contributed by atoms with van der Waals surface area (Å²) < 4.78 is 10.0. The second-order valence-electron chi connectivity index (χ2n) is 4.56. The molecule has 114 valence electrons. The van der Waals surface area contributed by atoms with Gasteiger partial charge in [-0.3, -0.25) is 4.79 Å². The first kappa shape index (κ1) is 15.5. The van der Waals surface area contributed by atoms with Gasteiger partial charge in [-0.1, -0.05) is 30.3 Å². The van der Waals surface area contributed by atoms with Gasteiger partial charge in [0.15, 0.2) is 0 Å². The van der Waals surface area contributed by atoms with Crippen molar-refractivity contribution >= 4 is 12.1 Å². The van der Waals surface area contributed by atoms with Gasteiger partial charge < -0.3 is 20.3 Å². The van der Waals surface area contributed by atoms with Crippen LogP contribution in [-0.4, -0.2) is 23.3 Å². The number of carboxylic acid groups (broad SMARTS) is 1. The van der Waals surface area contributed by atoms with E-state index in [1.54, 1.807) is 54.6 Å². The van der Waals surface area contributed by atoms with Crippen LogP contribution in [0, 0.1) is 0 Å². The Kier molecular flexibility index (Phi) is 5.11. The molecule has 6 nitrogen and oxygen atoms in total. The highest BCUT2D eigenvalue weighted by molar-refractivity contribution is 5.73. The normalized spacial score (nSPS) is 11.5. The highest BCUT2D eigenvalue weighted by atomic mass is 16.7. The summed E-state index contributed by atoms with van der Waals surface area (Å²) in [6.07, 6.45) is -0.648. The fourth-order valence-electron chi connectivity index (χ4n) is 1.74. The van der Waals surface area contributed by atoms with Gasteiger partial charge in [0.05, 0.1) is 0 Å². The molecule has 0 aliphatic carbocycles. The van der Waals surface area contributed by atoms with E-state index in [2.05, 4.69) is 0 Å². The molecule has 2 aromatic rings. The standard InChI is InChI=1S/C16H15NO5/c17-14(15(18)19)10-11-6-8-13(9-7-11)22-16(20)21-12-4-2-1-3-5-12/h1-9,14H,10,17H2,(H,18,19). The van der Waals surface area contributed by atoms with E-state index in [9.17, 15) is 9.59 Å². The van der Waals surface area contributed by atoms with Gasteiger partial charge in [-0.15, -0.1) is 0 Å². The van der Waals surface area contributed by atoms with Gasteiger partial charge in [0.2, 0.25) is 0 Å². The number of carbonyl (C=O) groups excluding carboxylic acids is 1. The number of para-hydroxylation sites is 1. The topological polar surface area (TPSA) is 98.9 Å². The summed E-state index contributed by atoms with van der Waals surface area (Å²) in [5, 5.41) is 8.75. The minimum atomic E-state index is -1.06. The number of ether oxygens (including phenoxy) is 2. The smallest absolute Gasteiger partial charge is 0.480 e. The molecule has 6 heteroatoms. The van der Waals surface area contributed by atoms with E-state index in [1.807, 2.05) is 0 Å². The number of hydrogen-bond donors (Lipinski definition) is 2. The van der Waals surface area contributed by atoms with Gasteiger partial charge in [-0.2, -0.15) is 0 Å². The molecule has 0 radical (unpaired) electrons. The fraction of sp³-hybridized carbons (Fsp3) is 0.125. The summed E-state index contributed by atoms with van der Waals surface area (Å²) in [6, 6.07) is 14.0. The molecule has 0 amide bonds. The maximum Gasteiger partial charge on any atom is 0.519 e. The van der Waals surface area contributed by atoms with E-state index in [0.29, 0.717) is 11.5 Å². The lowest BCUT2D eigenvalue weighted by Crippen LogP contribution is -2.32. The van der Waals surface area contributed by atoms with Crippen molar-refractivity contribution in [1.82, 2.24) is 0 Å². The van der Waals surface area contributed by atoms with Crippen LogP contribution in [0.4, 0.5) is 4.79 Å². The molecular weight excluding hydrogens is 286 g/mol. The van der Waals surface area contributed by atoms with Crippen LogP contribution in [0.1, 0.15) is 5.56 Å². The van der Waals surface area contributed by atoms with Crippen molar-refractivity contribution < 1.29 is 24.2 Å². The molecule has 1 atom stereocenters. The second kappa shape index (κ2) is 7.24. The molecule has 2 rings (SSSR count). The number of carboxylic acids is 1. The summed E-state index contributed by atoms with van der Waals surface area (Å²) in [4.78, 5) is 22.3. The van der Waals surface area contributed by atoms with Gasteiger partial charge in [0.1, 0.15) is 17.5 Å². The van der Waals surface area contributed by atoms with Crippen LogP contribution in [0.2, 0.25) is 0 Å². The molecule has 0 aliphatic heterocycles. The van der Waals surface area contributed by atoms with Crippen molar-refractivity contribution in [2.45, 2.75) is 12.5 Å². The third kappa shape index (κ3) is 4.60. The van der Waals surface area contributed by atoms with Crippen molar-refractivity contribution in [3.63, 3.8) is 0 Å². The van der Waals surface area contributed by atoms with Crippen LogP contribution < -0.4 is 15.2 Å². The largest absolute Gasteiger partial charge is 0.519 e. The quantitative estimate of drug-likeness (QED) is 0.649. The van der Waals surface area contributed by atoms with Crippen LogP contribution >= 0.6 is 0 Å². The van der Waals surface area contributed by atoms with Crippen molar-refractivity contribution in [3.05, 3.63) is 60.2 Å². The molecule has 0 aromatic heterocycles. The molecule has 1 unspecified atom stereocenters. The lowest BCUT2D eigenvalue weighted by molar-refractivity contribution is -0.138. The van der Waals surface area contributed by atoms with Crippen LogP contribution in [-0.2, 0) is 11.2 Å². The van der Waals surface area contributed by atoms with E-state index in [0.717, 1.165) is 5.56 Å². The Hall–Kier alpha value is -2.86. The maximum atomic E-state index is 11.6. The number of rotatable bonds is 5. The molecule has 0 bridgehead atoms. The Labute approximate surface area is 127 Å². The minimum absolute atomic E-state index is 0.198. The SMILES string of the molecule is NC(Cc1ccc(OC(=O)Oc2ccccc2)cc1)C(=O)O. The van der Waals surface area contributed by atoms with Gasteiger partial charge >= 0.3 is 12.1 Å². The van der Waals surface area contributed by atoms with Gasteiger partial charge in [0, 0.05) is 0 Å². The zero-order chi connectivity index (χ0) is 15.9. The lowest BCUT2D eigenvalue weighted by Gasteiger charge is -2.08. The van der Waals surface area contributed by atoms with Crippen molar-refractivity contribution in [2.75, 3.05) is 0 Å². The lowest BCUT2D eigenvalue weighted by atomic mass is 10.1. The van der Waals surface area contributed by atoms with Crippen molar-refractivity contribution in [1.29, 1.82) is 0 Å². The highest BCUT2D eigenvalue weighted by Gasteiger charge is 2.12. The summed E-state index contributed by atoms with van der Waals surface area (Å²) in [5.41, 5.74) is 6.18. The second-order valence-corrected chi connectivity index (χ2v) is 4.56. The zero-order valence-corrected chi connectivity index (χ0v) is 11.6. The number of benzene rings is 2. The highest BCUT2D eigenvalue weighted by Crippen LogP contribution is 2.15. The summed E-state index contributed by atoms with van der Waals surface area (Å²) in [7, 11) is 0. The molecular formula is C16H15NO5. The molecule has 0 spiro atoms. The van der Waals surface area contributed by atoms with E-state index >= 15 is 0 Å². The average Bonchev–Trinajstić information content (AvgIpc) is 2.50. The van der Waals surface area contributed by atoms with E-state index in [4.69, 9.17) is 20.3 Å². The Morgan fingerprint density at radius 3 is 2.05 bits per heavy atom. The molecule has 0 saturated heterocycles. The van der Waals surface area contributed by atoms with Gasteiger partial charge in [-0.05, 0) is 36.2 Å². The van der Waals surface area contributed by atoms with E-state index in [-0.39, 0.29) is 6.42 Å². The summed E-state index contributed by atoms with van der Waals surface area (Å²) in [6.45, 7) is 0. The zero-order valence-electron chi connectivity index (χ0n) is 11.6. The molecule has 3 N–H and O–H groups in total. The number of hydrogen-bond acceptors (Lipinski definition) is 5. The number of aliphatic carboxylic acids is 1. The maximum absolute atomic E-state index is 11.6. The molecule has 22 heavy (non-hydrogen) atoms. The number of carbonyl (C=O) groups is 2. The molecule has 0 aliphatic rings. The van der Waals surface area contributed by atoms with Crippen molar-refractivity contribution in [3.8, 4) is 11.5 Å². The molecule has 0 saturated carbocycles. The Morgan fingerprint density at radius 2 is 1.50 bits per heavy atom. The van der Waals surface area contributed by atoms with E-state index in [1.165, 1.54) is 0 Å².